The summed E-state index contributed by atoms with van der Waals surface area (Å²) in [7, 11) is 1.67. The van der Waals surface area contributed by atoms with Crippen molar-refractivity contribution in [2.75, 3.05) is 25.6 Å². The van der Waals surface area contributed by atoms with Gasteiger partial charge in [-0.05, 0) is 18.6 Å². The molecule has 1 aromatic carbocycles. The lowest BCUT2D eigenvalue weighted by molar-refractivity contribution is 0.201. The molecule has 1 aromatic heterocycles. The van der Waals surface area contributed by atoms with Crippen LogP contribution in [0, 0.1) is 0 Å². The minimum Gasteiger partial charge on any atom is -0.494 e. The van der Waals surface area contributed by atoms with Crippen molar-refractivity contribution in [2.24, 2.45) is 0 Å². The number of aromatic nitrogens is 2. The maximum absolute atomic E-state index is 5.60. The Morgan fingerprint density at radius 2 is 2.20 bits per heavy atom. The van der Waals surface area contributed by atoms with Gasteiger partial charge in [0.1, 0.15) is 11.6 Å². The maximum Gasteiger partial charge on any atom is 0.207 e. The predicted molar refractivity (Wildman–Crippen MR) is 81.0 cm³/mol. The molecular weight excluding hydrogens is 274 g/mol. The summed E-state index contributed by atoms with van der Waals surface area (Å²) in [6.07, 6.45) is 1.73. The molecular formula is C14H19N3O2S. The van der Waals surface area contributed by atoms with Crippen molar-refractivity contribution in [1.82, 2.24) is 9.36 Å². The van der Waals surface area contributed by atoms with Crippen LogP contribution in [0.25, 0.3) is 0 Å². The van der Waals surface area contributed by atoms with Crippen molar-refractivity contribution in [2.45, 2.75) is 19.8 Å². The Bertz CT molecular complexity index is 531. The third-order valence-corrected chi connectivity index (χ3v) is 3.22. The number of rotatable bonds is 8. The molecule has 0 saturated heterocycles. The van der Waals surface area contributed by atoms with Gasteiger partial charge in [0.2, 0.25) is 5.13 Å². The second-order valence-electron chi connectivity index (χ2n) is 4.26. The molecule has 5 nitrogen and oxygen atoms in total. The SMILES string of the molecule is CCCOc1cccc(Nc2nc(CCOC)ns2)c1. The fraction of sp³-hybridized carbons (Fsp3) is 0.429. The number of nitrogens with one attached hydrogen (secondary N) is 1. The highest BCUT2D eigenvalue weighted by atomic mass is 32.1. The van der Waals surface area contributed by atoms with Gasteiger partial charge in [-0.2, -0.15) is 4.37 Å². The Balaban J connectivity index is 1.96. The standard InChI is InChI=1S/C14H19N3O2S/c1-3-8-19-12-6-4-5-11(10-12)15-14-16-13(17-20-14)7-9-18-2/h4-6,10H,3,7-9H2,1-2H3,(H,15,16,17). The molecule has 108 valence electrons. The smallest absolute Gasteiger partial charge is 0.207 e. The second-order valence-corrected chi connectivity index (χ2v) is 5.01. The number of hydrogen-bond donors (Lipinski definition) is 1. The van der Waals surface area contributed by atoms with E-state index in [9.17, 15) is 0 Å². The van der Waals surface area contributed by atoms with Gasteiger partial charge in [-0.3, -0.25) is 0 Å². The van der Waals surface area contributed by atoms with Crippen LogP contribution in [0.1, 0.15) is 19.2 Å². The highest BCUT2D eigenvalue weighted by Crippen LogP contribution is 2.22. The zero-order chi connectivity index (χ0) is 14.2. The Morgan fingerprint density at radius 1 is 1.30 bits per heavy atom. The van der Waals surface area contributed by atoms with Crippen LogP contribution in [0.15, 0.2) is 24.3 Å². The van der Waals surface area contributed by atoms with E-state index in [0.29, 0.717) is 6.61 Å². The molecule has 0 aliphatic rings. The molecule has 0 radical (unpaired) electrons. The molecule has 1 heterocycles. The molecule has 0 unspecified atom stereocenters. The monoisotopic (exact) mass is 293 g/mol. The first-order valence-electron chi connectivity index (χ1n) is 6.63. The zero-order valence-electron chi connectivity index (χ0n) is 11.8. The van der Waals surface area contributed by atoms with E-state index in [-0.39, 0.29) is 0 Å². The Hall–Kier alpha value is -1.66. The lowest BCUT2D eigenvalue weighted by Crippen LogP contribution is -1.97. The normalized spacial score (nSPS) is 10.5. The highest BCUT2D eigenvalue weighted by molar-refractivity contribution is 7.09. The quantitative estimate of drug-likeness (QED) is 0.809. The molecule has 2 aromatic rings. The molecule has 0 spiro atoms. The summed E-state index contributed by atoms with van der Waals surface area (Å²) in [5, 5.41) is 4.02. The molecule has 0 atom stereocenters. The lowest BCUT2D eigenvalue weighted by atomic mass is 10.3. The van der Waals surface area contributed by atoms with Crippen molar-refractivity contribution >= 4 is 22.4 Å². The third kappa shape index (κ3) is 4.47. The Morgan fingerprint density at radius 3 is 3.00 bits per heavy atom. The number of ether oxygens (including phenoxy) is 2. The third-order valence-electron chi connectivity index (χ3n) is 2.56. The highest BCUT2D eigenvalue weighted by Gasteiger charge is 2.04. The van der Waals surface area contributed by atoms with Crippen LogP contribution in [0.4, 0.5) is 10.8 Å². The Kier molecular flexibility index (Phi) is 5.76. The first kappa shape index (κ1) is 14.7. The first-order valence-corrected chi connectivity index (χ1v) is 7.40. The summed E-state index contributed by atoms with van der Waals surface area (Å²) >= 11 is 1.35. The second kappa shape index (κ2) is 7.81. The maximum atomic E-state index is 5.60. The fourth-order valence-corrected chi connectivity index (χ4v) is 2.24. The van der Waals surface area contributed by atoms with Crippen LogP contribution in [0.3, 0.4) is 0 Å². The van der Waals surface area contributed by atoms with E-state index in [4.69, 9.17) is 9.47 Å². The average Bonchev–Trinajstić information content (AvgIpc) is 2.91. The number of benzene rings is 1. The van der Waals surface area contributed by atoms with E-state index in [1.165, 1.54) is 11.5 Å². The van der Waals surface area contributed by atoms with Gasteiger partial charge < -0.3 is 14.8 Å². The zero-order valence-corrected chi connectivity index (χ0v) is 12.6. The van der Waals surface area contributed by atoms with E-state index >= 15 is 0 Å². The van der Waals surface area contributed by atoms with Crippen LogP contribution in [-0.4, -0.2) is 29.7 Å². The molecule has 0 saturated carbocycles. The van der Waals surface area contributed by atoms with E-state index in [2.05, 4.69) is 21.6 Å². The fourth-order valence-electron chi connectivity index (χ4n) is 1.61. The number of hydrogen-bond acceptors (Lipinski definition) is 6. The molecule has 6 heteroatoms. The van der Waals surface area contributed by atoms with Crippen LogP contribution in [-0.2, 0) is 11.2 Å². The van der Waals surface area contributed by atoms with Crippen molar-refractivity contribution in [3.8, 4) is 5.75 Å². The van der Waals surface area contributed by atoms with Gasteiger partial charge in [-0.15, -0.1) is 0 Å². The molecule has 0 aliphatic heterocycles. The molecule has 2 rings (SSSR count). The van der Waals surface area contributed by atoms with Gasteiger partial charge in [0.25, 0.3) is 0 Å². The lowest BCUT2D eigenvalue weighted by Gasteiger charge is -2.07. The average molecular weight is 293 g/mol. The number of methoxy groups -OCH3 is 1. The number of anilines is 2. The van der Waals surface area contributed by atoms with E-state index in [1.807, 2.05) is 24.3 Å². The van der Waals surface area contributed by atoms with Crippen LogP contribution >= 0.6 is 11.5 Å². The molecule has 1 N–H and O–H groups in total. The van der Waals surface area contributed by atoms with Crippen molar-refractivity contribution < 1.29 is 9.47 Å². The summed E-state index contributed by atoms with van der Waals surface area (Å²) in [5.41, 5.74) is 0.952. The molecule has 0 amide bonds. The molecule has 0 fully saturated rings. The van der Waals surface area contributed by atoms with Gasteiger partial charge in [0.15, 0.2) is 0 Å². The van der Waals surface area contributed by atoms with E-state index in [1.54, 1.807) is 7.11 Å². The summed E-state index contributed by atoms with van der Waals surface area (Å²) in [5.74, 6) is 1.67. The van der Waals surface area contributed by atoms with Gasteiger partial charge in [0, 0.05) is 36.8 Å². The van der Waals surface area contributed by atoms with Crippen molar-refractivity contribution in [3.05, 3.63) is 30.1 Å². The van der Waals surface area contributed by atoms with Crippen LogP contribution in [0.5, 0.6) is 5.75 Å². The summed E-state index contributed by atoms with van der Waals surface area (Å²) in [6, 6.07) is 7.85. The summed E-state index contributed by atoms with van der Waals surface area (Å²) in [4.78, 5) is 4.41. The molecule has 20 heavy (non-hydrogen) atoms. The van der Waals surface area contributed by atoms with Gasteiger partial charge >= 0.3 is 0 Å². The van der Waals surface area contributed by atoms with Gasteiger partial charge in [-0.1, -0.05) is 13.0 Å². The topological polar surface area (TPSA) is 56.3 Å². The van der Waals surface area contributed by atoms with Gasteiger partial charge in [0.05, 0.1) is 13.2 Å². The molecule has 0 aliphatic carbocycles. The number of nitrogens with zero attached hydrogens (tertiary/aromatic N) is 2. The largest absolute Gasteiger partial charge is 0.494 e. The Labute approximate surface area is 123 Å². The van der Waals surface area contributed by atoms with E-state index < -0.39 is 0 Å². The predicted octanol–water partition coefficient (Wildman–Crippen LogP) is 3.26. The van der Waals surface area contributed by atoms with Crippen molar-refractivity contribution in [1.29, 1.82) is 0 Å². The summed E-state index contributed by atoms with van der Waals surface area (Å²) < 4.78 is 14.9. The van der Waals surface area contributed by atoms with Gasteiger partial charge in [-0.25, -0.2) is 4.98 Å². The first-order chi connectivity index (χ1) is 9.81. The van der Waals surface area contributed by atoms with Crippen LogP contribution in [0.2, 0.25) is 0 Å². The van der Waals surface area contributed by atoms with Crippen molar-refractivity contribution in [3.63, 3.8) is 0 Å². The minimum absolute atomic E-state index is 0.635. The van der Waals surface area contributed by atoms with E-state index in [0.717, 1.165) is 41.8 Å². The minimum atomic E-state index is 0.635. The van der Waals surface area contributed by atoms with Crippen LogP contribution < -0.4 is 10.1 Å². The summed E-state index contributed by atoms with van der Waals surface area (Å²) in [6.45, 7) is 3.45. The molecule has 0 bridgehead atoms.